The van der Waals surface area contributed by atoms with Crippen LogP contribution in [0.4, 0.5) is 10.7 Å². The molecule has 0 aromatic carbocycles. The first-order valence-corrected chi connectivity index (χ1v) is 10.8. The lowest BCUT2D eigenvalue weighted by atomic mass is 9.84. The van der Waals surface area contributed by atoms with Crippen LogP contribution in [0.3, 0.4) is 0 Å². The Kier molecular flexibility index (Phi) is 5.39. The van der Waals surface area contributed by atoms with Gasteiger partial charge in [-0.3, -0.25) is 5.32 Å². The van der Waals surface area contributed by atoms with E-state index in [4.69, 9.17) is 14.2 Å². The van der Waals surface area contributed by atoms with Crippen LogP contribution in [-0.4, -0.2) is 57.9 Å². The number of amides is 1. The van der Waals surface area contributed by atoms with E-state index < -0.39 is 6.09 Å². The number of aromatic amines is 1. The van der Waals surface area contributed by atoms with E-state index in [2.05, 4.69) is 33.2 Å². The fourth-order valence-electron chi connectivity index (χ4n) is 3.94. The van der Waals surface area contributed by atoms with Gasteiger partial charge in [-0.25, -0.2) is 14.7 Å². The molecule has 4 atom stereocenters. The van der Waals surface area contributed by atoms with Crippen LogP contribution >= 0.6 is 11.8 Å². The summed E-state index contributed by atoms with van der Waals surface area (Å²) in [5.74, 6) is -0.177. The SMILES string of the molecule is C=C1C(=O)O[C@@H]2[C@H]3O[C@]3(C)CC/C=C(/COC(=O)Nc3nc(SC)n[nH]3)CC[C@@H]12. The minimum Gasteiger partial charge on any atom is -0.455 e. The molecule has 4 rings (SSSR count). The molecule has 1 amide bonds. The average molecular weight is 420 g/mol. The number of nitrogens with zero attached hydrogens (tertiary/aromatic N) is 2. The van der Waals surface area contributed by atoms with E-state index in [0.717, 1.165) is 18.4 Å². The molecule has 0 saturated carbocycles. The third kappa shape index (κ3) is 4.18. The van der Waals surface area contributed by atoms with Gasteiger partial charge in [-0.2, -0.15) is 4.98 Å². The second kappa shape index (κ2) is 7.83. The number of thioether (sulfide) groups is 1. The molecular formula is C19H24N4O5S. The van der Waals surface area contributed by atoms with Gasteiger partial charge < -0.3 is 14.2 Å². The lowest BCUT2D eigenvalue weighted by Crippen LogP contribution is -2.29. The number of anilines is 1. The van der Waals surface area contributed by atoms with Crippen molar-refractivity contribution in [2.24, 2.45) is 5.92 Å². The van der Waals surface area contributed by atoms with E-state index in [9.17, 15) is 9.59 Å². The van der Waals surface area contributed by atoms with Gasteiger partial charge in [0, 0.05) is 11.5 Å². The monoisotopic (exact) mass is 420 g/mol. The van der Waals surface area contributed by atoms with Gasteiger partial charge in [-0.05, 0) is 44.4 Å². The van der Waals surface area contributed by atoms with Crippen molar-refractivity contribution < 1.29 is 23.8 Å². The number of hydrogen-bond donors (Lipinski definition) is 2. The van der Waals surface area contributed by atoms with Crippen LogP contribution in [0.2, 0.25) is 0 Å². The summed E-state index contributed by atoms with van der Waals surface area (Å²) in [6, 6.07) is 0. The molecule has 0 unspecified atom stereocenters. The van der Waals surface area contributed by atoms with E-state index in [1.807, 2.05) is 13.2 Å². The number of nitrogens with one attached hydrogen (secondary N) is 2. The number of ether oxygens (including phenoxy) is 3. The highest BCUT2D eigenvalue weighted by atomic mass is 32.2. The quantitative estimate of drug-likeness (QED) is 0.251. The number of carbonyl (C=O) groups is 2. The van der Waals surface area contributed by atoms with Crippen molar-refractivity contribution in [2.75, 3.05) is 18.2 Å². The highest BCUT2D eigenvalue weighted by molar-refractivity contribution is 7.98. The van der Waals surface area contributed by atoms with Crippen LogP contribution in [0.1, 0.15) is 32.6 Å². The number of fused-ring (bicyclic) bond motifs is 3. The summed E-state index contributed by atoms with van der Waals surface area (Å²) in [6.45, 7) is 6.12. The minimum absolute atomic E-state index is 0.0687. The van der Waals surface area contributed by atoms with Gasteiger partial charge in [-0.15, -0.1) is 5.10 Å². The van der Waals surface area contributed by atoms with Crippen molar-refractivity contribution in [3.8, 4) is 0 Å². The Morgan fingerprint density at radius 2 is 2.38 bits per heavy atom. The molecule has 0 bridgehead atoms. The van der Waals surface area contributed by atoms with Gasteiger partial charge in [0.15, 0.2) is 0 Å². The van der Waals surface area contributed by atoms with Gasteiger partial charge in [0.05, 0.1) is 5.60 Å². The molecule has 0 radical (unpaired) electrons. The molecule has 2 saturated heterocycles. The molecular weight excluding hydrogens is 396 g/mol. The second-order valence-corrected chi connectivity index (χ2v) is 8.44. The molecule has 1 aliphatic carbocycles. The maximum atomic E-state index is 12.1. The number of epoxide rings is 1. The number of aromatic nitrogens is 3. The molecule has 3 aliphatic rings. The van der Waals surface area contributed by atoms with Crippen molar-refractivity contribution >= 4 is 29.8 Å². The fraction of sp³-hybridized carbons (Fsp3) is 0.579. The van der Waals surface area contributed by atoms with Gasteiger partial charge in [-0.1, -0.05) is 24.4 Å². The number of allylic oxidation sites excluding steroid dienone is 1. The van der Waals surface area contributed by atoms with E-state index in [0.29, 0.717) is 23.6 Å². The predicted octanol–water partition coefficient (Wildman–Crippen LogP) is 2.83. The standard InChI is InChI=1S/C19H24N4O5S/c1-10-12-7-6-11(9-26-18(25)21-16-20-17(29-3)23-22-16)5-4-8-19(2)14(28-19)13(12)27-15(10)24/h5,12-14H,1,4,6-9H2,2-3H3,(H2,20,21,22,23,25)/b11-5+/t12-,13-,14+,19+/m0/s1. The molecule has 10 heteroatoms. The molecule has 0 spiro atoms. The number of hydrogen-bond acceptors (Lipinski definition) is 8. The van der Waals surface area contributed by atoms with Crippen molar-refractivity contribution in [1.82, 2.24) is 15.2 Å². The Labute approximate surface area is 172 Å². The zero-order valence-corrected chi connectivity index (χ0v) is 17.2. The molecule has 9 nitrogen and oxygen atoms in total. The normalized spacial score (nSPS) is 33.0. The van der Waals surface area contributed by atoms with Gasteiger partial charge in [0.25, 0.3) is 0 Å². The number of rotatable bonds is 4. The summed E-state index contributed by atoms with van der Waals surface area (Å²) in [6.07, 6.45) is 5.99. The summed E-state index contributed by atoms with van der Waals surface area (Å²) in [7, 11) is 0. The summed E-state index contributed by atoms with van der Waals surface area (Å²) < 4.78 is 16.8. The van der Waals surface area contributed by atoms with Crippen LogP contribution in [0.5, 0.6) is 0 Å². The second-order valence-electron chi connectivity index (χ2n) is 7.66. The number of H-pyrrole nitrogens is 1. The van der Waals surface area contributed by atoms with Gasteiger partial charge >= 0.3 is 12.1 Å². The fourth-order valence-corrected chi connectivity index (χ4v) is 4.26. The molecule has 3 heterocycles. The highest BCUT2D eigenvalue weighted by Crippen LogP contribution is 2.49. The Balaban J connectivity index is 1.37. The Morgan fingerprint density at radius 3 is 3.14 bits per heavy atom. The van der Waals surface area contributed by atoms with Gasteiger partial charge in [0.2, 0.25) is 11.1 Å². The van der Waals surface area contributed by atoms with Crippen molar-refractivity contribution in [3.63, 3.8) is 0 Å². The van der Waals surface area contributed by atoms with Crippen LogP contribution in [0.25, 0.3) is 0 Å². The van der Waals surface area contributed by atoms with E-state index in [-0.39, 0.29) is 42.3 Å². The Morgan fingerprint density at radius 1 is 1.55 bits per heavy atom. The number of esters is 1. The summed E-state index contributed by atoms with van der Waals surface area (Å²) in [4.78, 5) is 28.2. The third-order valence-electron chi connectivity index (χ3n) is 5.70. The first kappa shape index (κ1) is 20.0. The average Bonchev–Trinajstić information content (AvgIpc) is 3.01. The van der Waals surface area contributed by atoms with Crippen molar-refractivity contribution in [3.05, 3.63) is 23.8 Å². The molecule has 1 aromatic heterocycles. The van der Waals surface area contributed by atoms with Crippen LogP contribution in [0, 0.1) is 5.92 Å². The third-order valence-corrected chi connectivity index (χ3v) is 6.24. The summed E-state index contributed by atoms with van der Waals surface area (Å²) >= 11 is 1.37. The Hall–Kier alpha value is -2.33. The van der Waals surface area contributed by atoms with Crippen LogP contribution in [-0.2, 0) is 19.0 Å². The lowest BCUT2D eigenvalue weighted by molar-refractivity contribution is -0.140. The van der Waals surface area contributed by atoms with E-state index in [1.165, 1.54) is 11.8 Å². The van der Waals surface area contributed by atoms with E-state index >= 15 is 0 Å². The molecule has 2 aliphatic heterocycles. The highest BCUT2D eigenvalue weighted by Gasteiger charge is 2.61. The predicted molar refractivity (Wildman–Crippen MR) is 105 cm³/mol. The Bertz CT molecular complexity index is 869. The maximum Gasteiger partial charge on any atom is 0.414 e. The van der Waals surface area contributed by atoms with Crippen molar-refractivity contribution in [2.45, 2.75) is 55.6 Å². The lowest BCUT2D eigenvalue weighted by Gasteiger charge is -2.20. The number of carbonyl (C=O) groups excluding carboxylic acids is 2. The van der Waals surface area contributed by atoms with E-state index in [1.54, 1.807) is 0 Å². The molecule has 1 aromatic rings. The molecule has 156 valence electrons. The molecule has 29 heavy (non-hydrogen) atoms. The summed E-state index contributed by atoms with van der Waals surface area (Å²) in [5, 5.41) is 9.62. The summed E-state index contributed by atoms with van der Waals surface area (Å²) in [5.41, 5.74) is 1.21. The first-order chi connectivity index (χ1) is 13.9. The zero-order chi connectivity index (χ0) is 20.6. The topological polar surface area (TPSA) is 119 Å². The van der Waals surface area contributed by atoms with Crippen LogP contribution < -0.4 is 5.32 Å². The largest absolute Gasteiger partial charge is 0.455 e. The zero-order valence-electron chi connectivity index (χ0n) is 16.4. The molecule has 2 fully saturated rings. The maximum absolute atomic E-state index is 12.1. The smallest absolute Gasteiger partial charge is 0.414 e. The van der Waals surface area contributed by atoms with Crippen molar-refractivity contribution in [1.29, 1.82) is 0 Å². The first-order valence-electron chi connectivity index (χ1n) is 9.55. The van der Waals surface area contributed by atoms with Crippen LogP contribution in [0.15, 0.2) is 29.0 Å². The minimum atomic E-state index is -0.606. The molecule has 2 N–H and O–H groups in total. The van der Waals surface area contributed by atoms with Gasteiger partial charge in [0.1, 0.15) is 18.8 Å².